The van der Waals surface area contributed by atoms with Crippen molar-refractivity contribution in [2.45, 2.75) is 6.18 Å². The molecule has 0 amide bonds. The summed E-state index contributed by atoms with van der Waals surface area (Å²) in [5.41, 5.74) is 5.69. The molecule has 5 aromatic rings. The first kappa shape index (κ1) is 19.9. The Hall–Kier alpha value is -3.99. The zero-order chi connectivity index (χ0) is 22.1. The second-order valence-electron chi connectivity index (χ2n) is 7.50. The summed E-state index contributed by atoms with van der Waals surface area (Å²) in [5.74, 6) is 0. The number of hydrogen-bond acceptors (Lipinski definition) is 2. The normalized spacial score (nSPS) is 11.6. The van der Waals surface area contributed by atoms with Crippen LogP contribution in [0.15, 0.2) is 103 Å². The molecular formula is C27H17F3N2. The molecule has 3 aromatic carbocycles. The SMILES string of the molecule is FC(F)(F)c1ccc(-c2ccc3cc(-c4ccc(-c5ccccn5)cc4)cnc3c2)cc1. The summed E-state index contributed by atoms with van der Waals surface area (Å²) in [6.45, 7) is 0. The molecule has 5 heteroatoms. The first-order valence-electron chi connectivity index (χ1n) is 10.1. The lowest BCUT2D eigenvalue weighted by Gasteiger charge is -2.09. The van der Waals surface area contributed by atoms with Gasteiger partial charge in [0.15, 0.2) is 0 Å². The molecule has 0 fully saturated rings. The van der Waals surface area contributed by atoms with Crippen molar-refractivity contribution in [1.82, 2.24) is 9.97 Å². The van der Waals surface area contributed by atoms with Gasteiger partial charge in [0.2, 0.25) is 0 Å². The largest absolute Gasteiger partial charge is 0.416 e. The third-order valence-corrected chi connectivity index (χ3v) is 5.41. The number of nitrogens with zero attached hydrogens (tertiary/aromatic N) is 2. The summed E-state index contributed by atoms with van der Waals surface area (Å²) >= 11 is 0. The van der Waals surface area contributed by atoms with E-state index in [1.165, 1.54) is 12.1 Å². The van der Waals surface area contributed by atoms with Crippen molar-refractivity contribution in [1.29, 1.82) is 0 Å². The number of benzene rings is 3. The summed E-state index contributed by atoms with van der Waals surface area (Å²) in [6, 6.07) is 27.0. The molecule has 0 N–H and O–H groups in total. The van der Waals surface area contributed by atoms with Crippen LogP contribution in [0.4, 0.5) is 13.2 Å². The van der Waals surface area contributed by atoms with Gasteiger partial charge in [0.25, 0.3) is 0 Å². The summed E-state index contributed by atoms with van der Waals surface area (Å²) < 4.78 is 38.4. The van der Waals surface area contributed by atoms with E-state index in [0.717, 1.165) is 56.5 Å². The van der Waals surface area contributed by atoms with Crippen molar-refractivity contribution in [2.24, 2.45) is 0 Å². The summed E-state index contributed by atoms with van der Waals surface area (Å²) in [5, 5.41) is 0.965. The second kappa shape index (κ2) is 7.93. The zero-order valence-electron chi connectivity index (χ0n) is 16.8. The van der Waals surface area contributed by atoms with Crippen LogP contribution in [0, 0.1) is 0 Å². The van der Waals surface area contributed by atoms with Gasteiger partial charge in [-0.25, -0.2) is 0 Å². The lowest BCUT2D eigenvalue weighted by molar-refractivity contribution is -0.137. The molecule has 156 valence electrons. The Labute approximate surface area is 183 Å². The van der Waals surface area contributed by atoms with Crippen LogP contribution in [0.25, 0.3) is 44.4 Å². The number of pyridine rings is 2. The van der Waals surface area contributed by atoms with Crippen molar-refractivity contribution < 1.29 is 13.2 Å². The van der Waals surface area contributed by atoms with Crippen molar-refractivity contribution >= 4 is 10.9 Å². The Morgan fingerprint density at radius 3 is 1.91 bits per heavy atom. The maximum Gasteiger partial charge on any atom is 0.416 e. The first-order chi connectivity index (χ1) is 15.5. The Kier molecular flexibility index (Phi) is 4.94. The molecule has 0 atom stereocenters. The van der Waals surface area contributed by atoms with E-state index in [1.54, 1.807) is 6.20 Å². The molecule has 0 bridgehead atoms. The Balaban J connectivity index is 1.43. The van der Waals surface area contributed by atoms with E-state index in [4.69, 9.17) is 0 Å². The summed E-state index contributed by atoms with van der Waals surface area (Å²) in [6.07, 6.45) is -0.750. The van der Waals surface area contributed by atoms with Gasteiger partial charge < -0.3 is 0 Å². The van der Waals surface area contributed by atoms with Gasteiger partial charge in [0.1, 0.15) is 0 Å². The maximum atomic E-state index is 12.8. The molecule has 0 saturated heterocycles. The fraction of sp³-hybridized carbons (Fsp3) is 0.0370. The summed E-state index contributed by atoms with van der Waals surface area (Å²) in [4.78, 5) is 8.96. The van der Waals surface area contributed by atoms with E-state index in [1.807, 2.05) is 66.9 Å². The molecule has 2 heterocycles. The van der Waals surface area contributed by atoms with Gasteiger partial charge in [-0.15, -0.1) is 0 Å². The van der Waals surface area contributed by atoms with Crippen molar-refractivity contribution in [2.75, 3.05) is 0 Å². The molecule has 0 aliphatic carbocycles. The lowest BCUT2D eigenvalue weighted by Crippen LogP contribution is -2.03. The molecule has 5 rings (SSSR count). The zero-order valence-corrected chi connectivity index (χ0v) is 16.8. The van der Waals surface area contributed by atoms with E-state index in [2.05, 4.69) is 16.0 Å². The molecule has 0 aliphatic heterocycles. The number of rotatable bonds is 3. The molecule has 0 radical (unpaired) electrons. The van der Waals surface area contributed by atoms with Crippen LogP contribution in [-0.4, -0.2) is 9.97 Å². The van der Waals surface area contributed by atoms with E-state index in [9.17, 15) is 13.2 Å². The summed E-state index contributed by atoms with van der Waals surface area (Å²) in [7, 11) is 0. The highest BCUT2D eigenvalue weighted by atomic mass is 19.4. The molecular weight excluding hydrogens is 409 g/mol. The van der Waals surface area contributed by atoms with Crippen LogP contribution in [0.3, 0.4) is 0 Å². The fourth-order valence-corrected chi connectivity index (χ4v) is 3.68. The average Bonchev–Trinajstić information content (AvgIpc) is 2.83. The minimum Gasteiger partial charge on any atom is -0.256 e. The molecule has 0 aliphatic rings. The third kappa shape index (κ3) is 3.97. The second-order valence-corrected chi connectivity index (χ2v) is 7.50. The van der Waals surface area contributed by atoms with Crippen molar-refractivity contribution in [3.05, 3.63) is 109 Å². The van der Waals surface area contributed by atoms with Gasteiger partial charge in [0, 0.05) is 28.9 Å². The lowest BCUT2D eigenvalue weighted by atomic mass is 10.00. The van der Waals surface area contributed by atoms with Gasteiger partial charge in [0.05, 0.1) is 16.8 Å². The highest BCUT2D eigenvalue weighted by Crippen LogP contribution is 2.32. The number of alkyl halides is 3. The predicted molar refractivity (Wildman–Crippen MR) is 121 cm³/mol. The topological polar surface area (TPSA) is 25.8 Å². The average molecular weight is 426 g/mol. The Morgan fingerprint density at radius 2 is 1.22 bits per heavy atom. The van der Waals surface area contributed by atoms with Crippen LogP contribution >= 0.6 is 0 Å². The van der Waals surface area contributed by atoms with E-state index in [-0.39, 0.29) is 0 Å². The smallest absolute Gasteiger partial charge is 0.256 e. The van der Waals surface area contributed by atoms with Crippen molar-refractivity contribution in [3.8, 4) is 33.5 Å². The Bertz CT molecular complexity index is 1380. The fourth-order valence-electron chi connectivity index (χ4n) is 3.68. The number of halogens is 3. The third-order valence-electron chi connectivity index (χ3n) is 5.41. The minimum absolute atomic E-state index is 0.654. The van der Waals surface area contributed by atoms with Crippen LogP contribution in [0.2, 0.25) is 0 Å². The predicted octanol–water partition coefficient (Wildman–Crippen LogP) is 7.65. The number of aromatic nitrogens is 2. The maximum absolute atomic E-state index is 12.8. The Morgan fingerprint density at radius 1 is 0.562 bits per heavy atom. The van der Waals surface area contributed by atoms with Crippen LogP contribution in [0.1, 0.15) is 5.56 Å². The van der Waals surface area contributed by atoms with Gasteiger partial charge in [-0.2, -0.15) is 13.2 Å². The van der Waals surface area contributed by atoms with Gasteiger partial charge in [-0.1, -0.05) is 54.6 Å². The van der Waals surface area contributed by atoms with E-state index >= 15 is 0 Å². The minimum atomic E-state index is -4.34. The first-order valence-corrected chi connectivity index (χ1v) is 10.1. The highest BCUT2D eigenvalue weighted by molar-refractivity contribution is 5.87. The molecule has 32 heavy (non-hydrogen) atoms. The molecule has 2 aromatic heterocycles. The van der Waals surface area contributed by atoms with Gasteiger partial charge in [-0.05, 0) is 53.1 Å². The van der Waals surface area contributed by atoms with Crippen LogP contribution < -0.4 is 0 Å². The van der Waals surface area contributed by atoms with Crippen LogP contribution in [0.5, 0.6) is 0 Å². The van der Waals surface area contributed by atoms with Gasteiger partial charge in [-0.3, -0.25) is 9.97 Å². The highest BCUT2D eigenvalue weighted by Gasteiger charge is 2.29. The molecule has 2 nitrogen and oxygen atoms in total. The number of hydrogen-bond donors (Lipinski definition) is 0. The quantitative estimate of drug-likeness (QED) is 0.296. The van der Waals surface area contributed by atoms with Crippen LogP contribution in [-0.2, 0) is 6.18 Å². The van der Waals surface area contributed by atoms with Gasteiger partial charge >= 0.3 is 6.18 Å². The molecule has 0 saturated carbocycles. The molecule has 0 unspecified atom stereocenters. The molecule has 0 spiro atoms. The number of fused-ring (bicyclic) bond motifs is 1. The monoisotopic (exact) mass is 426 g/mol. The standard InChI is InChI=1S/C27H17F3N2/c28-27(29,30)24-12-10-18(11-13-24)21-8-9-22-15-23(17-32-26(22)16-21)19-4-6-20(7-5-19)25-3-1-2-14-31-25/h1-17H. The van der Waals surface area contributed by atoms with E-state index < -0.39 is 11.7 Å². The van der Waals surface area contributed by atoms with E-state index in [0.29, 0.717) is 0 Å². The van der Waals surface area contributed by atoms with Crippen molar-refractivity contribution in [3.63, 3.8) is 0 Å².